The zero-order valence-electron chi connectivity index (χ0n) is 13.1. The van der Waals surface area contributed by atoms with Crippen LogP contribution in [0.5, 0.6) is 0 Å². The van der Waals surface area contributed by atoms with Crippen LogP contribution in [-0.2, 0) is 10.1 Å². The van der Waals surface area contributed by atoms with E-state index in [9.17, 15) is 13.0 Å². The molecule has 1 aromatic heterocycles. The summed E-state index contributed by atoms with van der Waals surface area (Å²) in [6.45, 7) is 0. The average Bonchev–Trinajstić information content (AvgIpc) is 3.09. The smallest absolute Gasteiger partial charge is 0.328 e. The van der Waals surface area contributed by atoms with Crippen LogP contribution in [0, 0.1) is 0 Å². The minimum Gasteiger partial charge on any atom is -0.356 e. The van der Waals surface area contributed by atoms with Crippen LogP contribution in [0.25, 0.3) is 11.3 Å². The SMILES string of the molecule is O=S(=O)(O)C(=Nc1ccc(-c2c[nH]cn2)cc1)NC1CCCCC1. The van der Waals surface area contributed by atoms with E-state index < -0.39 is 10.1 Å². The van der Waals surface area contributed by atoms with E-state index in [1.54, 1.807) is 36.8 Å². The fraction of sp³-hybridized carbons (Fsp3) is 0.375. The van der Waals surface area contributed by atoms with E-state index in [0.717, 1.165) is 43.4 Å². The van der Waals surface area contributed by atoms with Gasteiger partial charge in [-0.05, 0) is 25.0 Å². The molecule has 1 aromatic carbocycles. The van der Waals surface area contributed by atoms with Crippen molar-refractivity contribution in [3.8, 4) is 11.3 Å². The van der Waals surface area contributed by atoms with Crippen molar-refractivity contribution < 1.29 is 13.0 Å². The molecule has 128 valence electrons. The Labute approximate surface area is 141 Å². The van der Waals surface area contributed by atoms with Gasteiger partial charge in [-0.1, -0.05) is 31.4 Å². The predicted octanol–water partition coefficient (Wildman–Crippen LogP) is 2.87. The van der Waals surface area contributed by atoms with Gasteiger partial charge in [-0.2, -0.15) is 8.42 Å². The lowest BCUT2D eigenvalue weighted by atomic mass is 9.96. The third-order valence-electron chi connectivity index (χ3n) is 4.07. The summed E-state index contributed by atoms with van der Waals surface area (Å²) in [6.07, 6.45) is 8.38. The number of benzene rings is 1. The molecule has 0 spiro atoms. The van der Waals surface area contributed by atoms with Crippen LogP contribution in [0.2, 0.25) is 0 Å². The number of amidine groups is 1. The lowest BCUT2D eigenvalue weighted by molar-refractivity contribution is 0.412. The van der Waals surface area contributed by atoms with Gasteiger partial charge in [0, 0.05) is 17.8 Å². The van der Waals surface area contributed by atoms with Gasteiger partial charge in [0.2, 0.25) is 5.17 Å². The van der Waals surface area contributed by atoms with Crippen LogP contribution in [0.3, 0.4) is 0 Å². The summed E-state index contributed by atoms with van der Waals surface area (Å²) < 4.78 is 32.7. The molecule has 3 N–H and O–H groups in total. The predicted molar refractivity (Wildman–Crippen MR) is 92.7 cm³/mol. The molecule has 8 heteroatoms. The van der Waals surface area contributed by atoms with Gasteiger partial charge < -0.3 is 10.3 Å². The summed E-state index contributed by atoms with van der Waals surface area (Å²) in [4.78, 5) is 11.1. The van der Waals surface area contributed by atoms with Crippen molar-refractivity contribution in [1.29, 1.82) is 0 Å². The maximum absolute atomic E-state index is 11.6. The molecule has 3 rings (SSSR count). The summed E-state index contributed by atoms with van der Waals surface area (Å²) >= 11 is 0. The van der Waals surface area contributed by atoms with Crippen molar-refractivity contribution in [3.05, 3.63) is 36.8 Å². The Morgan fingerprint density at radius 1 is 1.21 bits per heavy atom. The molecule has 0 saturated heterocycles. The van der Waals surface area contributed by atoms with Gasteiger partial charge in [-0.15, -0.1) is 0 Å². The second-order valence-corrected chi connectivity index (χ2v) is 7.21. The molecule has 0 atom stereocenters. The molecule has 0 amide bonds. The van der Waals surface area contributed by atoms with Crippen LogP contribution in [0.1, 0.15) is 32.1 Å². The van der Waals surface area contributed by atoms with Crippen LogP contribution in [0.15, 0.2) is 41.8 Å². The Hall–Kier alpha value is -2.19. The standard InChI is InChI=1S/C16H20N4O3S/c21-24(22,23)16(19-13-4-2-1-3-5-13)20-14-8-6-12(7-9-14)15-10-17-11-18-15/h6-11,13H,1-5H2,(H,17,18)(H,19,20)(H,21,22,23). The third-order valence-corrected chi connectivity index (χ3v) is 4.77. The van der Waals surface area contributed by atoms with Gasteiger partial charge in [0.15, 0.2) is 0 Å². The van der Waals surface area contributed by atoms with Crippen molar-refractivity contribution in [2.75, 3.05) is 0 Å². The number of aromatic amines is 1. The largest absolute Gasteiger partial charge is 0.356 e. The lowest BCUT2D eigenvalue weighted by Crippen LogP contribution is -2.40. The molecule has 1 fully saturated rings. The first-order valence-electron chi connectivity index (χ1n) is 7.94. The first-order valence-corrected chi connectivity index (χ1v) is 9.38. The normalized spacial score (nSPS) is 17.0. The van der Waals surface area contributed by atoms with E-state index in [1.807, 2.05) is 0 Å². The van der Waals surface area contributed by atoms with Crippen molar-refractivity contribution in [1.82, 2.24) is 15.3 Å². The number of H-pyrrole nitrogens is 1. The molecule has 2 aromatic rings. The average molecular weight is 348 g/mol. The Morgan fingerprint density at radius 3 is 2.50 bits per heavy atom. The van der Waals surface area contributed by atoms with Gasteiger partial charge in [-0.25, -0.2) is 9.98 Å². The Bertz CT molecular complexity index is 792. The van der Waals surface area contributed by atoms with Crippen molar-refractivity contribution in [3.63, 3.8) is 0 Å². The van der Waals surface area contributed by atoms with E-state index in [-0.39, 0.29) is 11.2 Å². The van der Waals surface area contributed by atoms with E-state index in [4.69, 9.17) is 0 Å². The molecule has 1 aliphatic rings. The van der Waals surface area contributed by atoms with Crippen LogP contribution in [0.4, 0.5) is 5.69 Å². The molecule has 0 aliphatic heterocycles. The highest BCUT2D eigenvalue weighted by atomic mass is 32.2. The number of hydrogen-bond acceptors (Lipinski definition) is 4. The molecular weight excluding hydrogens is 328 g/mol. The molecule has 1 saturated carbocycles. The van der Waals surface area contributed by atoms with Crippen molar-refractivity contribution in [2.24, 2.45) is 4.99 Å². The van der Waals surface area contributed by atoms with Gasteiger partial charge >= 0.3 is 10.1 Å². The van der Waals surface area contributed by atoms with Crippen LogP contribution in [-0.4, -0.2) is 34.1 Å². The molecule has 0 unspecified atom stereocenters. The summed E-state index contributed by atoms with van der Waals surface area (Å²) in [5, 5.41) is 2.49. The number of nitrogens with one attached hydrogen (secondary N) is 2. The minimum absolute atomic E-state index is 0.0303. The highest BCUT2D eigenvalue weighted by molar-refractivity contribution is 8.01. The fourth-order valence-electron chi connectivity index (χ4n) is 2.83. The highest BCUT2D eigenvalue weighted by Crippen LogP contribution is 2.22. The minimum atomic E-state index is -4.39. The molecule has 0 radical (unpaired) electrons. The van der Waals surface area contributed by atoms with E-state index in [0.29, 0.717) is 5.69 Å². The number of hydrogen-bond donors (Lipinski definition) is 3. The maximum Gasteiger partial charge on any atom is 0.328 e. The monoisotopic (exact) mass is 348 g/mol. The molecule has 7 nitrogen and oxygen atoms in total. The van der Waals surface area contributed by atoms with Crippen LogP contribution >= 0.6 is 0 Å². The van der Waals surface area contributed by atoms with E-state index in [1.165, 1.54) is 0 Å². The first-order chi connectivity index (χ1) is 11.5. The highest BCUT2D eigenvalue weighted by Gasteiger charge is 2.22. The van der Waals surface area contributed by atoms with E-state index >= 15 is 0 Å². The zero-order chi connectivity index (χ0) is 17.0. The van der Waals surface area contributed by atoms with Crippen molar-refractivity contribution >= 4 is 21.0 Å². The first kappa shape index (κ1) is 16.7. The number of nitrogens with zero attached hydrogens (tertiary/aromatic N) is 2. The molecule has 1 aliphatic carbocycles. The van der Waals surface area contributed by atoms with E-state index in [2.05, 4.69) is 20.3 Å². The topological polar surface area (TPSA) is 107 Å². The second kappa shape index (κ2) is 7.14. The zero-order valence-corrected chi connectivity index (χ0v) is 14.0. The number of rotatable bonds is 3. The van der Waals surface area contributed by atoms with Crippen LogP contribution < -0.4 is 5.32 Å². The summed E-state index contributed by atoms with van der Waals surface area (Å²) in [5.74, 6) is 0. The van der Waals surface area contributed by atoms with Gasteiger partial charge in [-0.3, -0.25) is 4.55 Å². The summed E-state index contributed by atoms with van der Waals surface area (Å²) in [5.41, 5.74) is 2.13. The number of aliphatic imine (C=N–C) groups is 1. The van der Waals surface area contributed by atoms with Crippen molar-refractivity contribution in [2.45, 2.75) is 38.1 Å². The molecule has 0 bridgehead atoms. The van der Waals surface area contributed by atoms with Gasteiger partial charge in [0.05, 0.1) is 17.7 Å². The maximum atomic E-state index is 11.6. The van der Waals surface area contributed by atoms with Gasteiger partial charge in [0.25, 0.3) is 0 Å². The molecule has 1 heterocycles. The Balaban J connectivity index is 1.81. The van der Waals surface area contributed by atoms with Gasteiger partial charge in [0.1, 0.15) is 0 Å². The third kappa shape index (κ3) is 4.21. The fourth-order valence-corrected chi connectivity index (χ4v) is 3.36. The number of aromatic nitrogens is 2. The second-order valence-electron chi connectivity index (χ2n) is 5.87. The number of imidazole rings is 1. The Morgan fingerprint density at radius 2 is 1.92 bits per heavy atom. The summed E-state index contributed by atoms with van der Waals surface area (Å²) in [7, 11) is -4.39. The quantitative estimate of drug-likeness (QED) is 0.449. The summed E-state index contributed by atoms with van der Waals surface area (Å²) in [6, 6.07) is 7.02. The molecule has 24 heavy (non-hydrogen) atoms. The molecular formula is C16H20N4O3S. The lowest BCUT2D eigenvalue weighted by Gasteiger charge is -2.23. The Kier molecular flexibility index (Phi) is 4.96.